The fourth-order valence-corrected chi connectivity index (χ4v) is 5.06. The lowest BCUT2D eigenvalue weighted by Gasteiger charge is -2.17. The lowest BCUT2D eigenvalue weighted by atomic mass is 10.1. The van der Waals surface area contributed by atoms with Crippen LogP contribution in [0.15, 0.2) is 54.7 Å². The molecule has 1 amide bonds. The van der Waals surface area contributed by atoms with Gasteiger partial charge in [0.15, 0.2) is 11.1 Å². The Morgan fingerprint density at radius 1 is 1.09 bits per heavy atom. The predicted molar refractivity (Wildman–Crippen MR) is 134 cm³/mol. The van der Waals surface area contributed by atoms with Gasteiger partial charge in [-0.3, -0.25) is 4.79 Å². The standard InChI is InChI=1S/C25H28ClN3O3S/c1-18-22(25(30)27-20-10-8-19(9-11-20)17-33(31)32)16-29(15-14-28-12-4-5-13-28)24(18)21-6-2-3-7-23(21)26/h2-3,6-11,16H,4-5,12-15,17H2,1H3,(H,27,30)(H,31,32). The quantitative estimate of drug-likeness (QED) is 0.431. The monoisotopic (exact) mass is 485 g/mol. The third-order valence-corrected chi connectivity index (χ3v) is 6.97. The normalized spacial score (nSPS) is 15.0. The molecule has 0 aliphatic carbocycles. The summed E-state index contributed by atoms with van der Waals surface area (Å²) in [5.74, 6) is -0.131. The van der Waals surface area contributed by atoms with Crippen molar-refractivity contribution in [1.29, 1.82) is 0 Å². The molecule has 2 heterocycles. The highest BCUT2D eigenvalue weighted by atomic mass is 35.5. The van der Waals surface area contributed by atoms with E-state index in [1.807, 2.05) is 37.4 Å². The van der Waals surface area contributed by atoms with Crippen LogP contribution in [-0.2, 0) is 23.4 Å². The molecule has 1 aromatic heterocycles. The van der Waals surface area contributed by atoms with Gasteiger partial charge in [-0.05, 0) is 62.2 Å². The highest BCUT2D eigenvalue weighted by Crippen LogP contribution is 2.33. The van der Waals surface area contributed by atoms with E-state index in [4.69, 9.17) is 16.2 Å². The van der Waals surface area contributed by atoms with Gasteiger partial charge < -0.3 is 19.3 Å². The van der Waals surface area contributed by atoms with Crippen molar-refractivity contribution >= 4 is 34.3 Å². The van der Waals surface area contributed by atoms with E-state index < -0.39 is 11.1 Å². The van der Waals surface area contributed by atoms with Crippen molar-refractivity contribution in [2.75, 3.05) is 25.0 Å². The zero-order valence-corrected chi connectivity index (χ0v) is 20.2. The van der Waals surface area contributed by atoms with Gasteiger partial charge in [-0.15, -0.1) is 0 Å². The summed E-state index contributed by atoms with van der Waals surface area (Å²) in [5, 5.41) is 3.61. The Hall–Kier alpha value is -2.45. The van der Waals surface area contributed by atoms with Crippen LogP contribution in [0.1, 0.15) is 34.3 Å². The first-order valence-corrected chi connectivity index (χ1v) is 12.7. The van der Waals surface area contributed by atoms with Crippen molar-refractivity contribution in [1.82, 2.24) is 9.47 Å². The zero-order valence-electron chi connectivity index (χ0n) is 18.6. The summed E-state index contributed by atoms with van der Waals surface area (Å²) in [6, 6.07) is 14.7. The van der Waals surface area contributed by atoms with Gasteiger partial charge in [0.05, 0.1) is 17.0 Å². The van der Waals surface area contributed by atoms with Crippen LogP contribution in [0.2, 0.25) is 5.02 Å². The topological polar surface area (TPSA) is 74.6 Å². The first-order valence-electron chi connectivity index (χ1n) is 11.1. The molecule has 1 fully saturated rings. The van der Waals surface area contributed by atoms with E-state index in [1.165, 1.54) is 12.8 Å². The number of carbonyl (C=O) groups is 1. The average Bonchev–Trinajstić information content (AvgIpc) is 3.41. The van der Waals surface area contributed by atoms with Crippen molar-refractivity contribution in [3.05, 3.63) is 76.4 Å². The maximum Gasteiger partial charge on any atom is 0.257 e. The molecule has 2 aromatic carbocycles. The Balaban J connectivity index is 1.60. The number of nitrogens with zero attached hydrogens (tertiary/aromatic N) is 2. The molecule has 1 unspecified atom stereocenters. The number of amides is 1. The molecule has 1 aliphatic heterocycles. The van der Waals surface area contributed by atoms with E-state index in [9.17, 15) is 9.00 Å². The minimum absolute atomic E-state index is 0.0639. The van der Waals surface area contributed by atoms with Crippen LogP contribution >= 0.6 is 11.6 Å². The summed E-state index contributed by atoms with van der Waals surface area (Å²) in [4.78, 5) is 15.6. The van der Waals surface area contributed by atoms with E-state index in [1.54, 1.807) is 24.3 Å². The number of hydrogen-bond donors (Lipinski definition) is 2. The molecule has 1 aliphatic rings. The number of carbonyl (C=O) groups excluding carboxylic acids is 1. The second-order valence-electron chi connectivity index (χ2n) is 8.36. The molecule has 33 heavy (non-hydrogen) atoms. The van der Waals surface area contributed by atoms with Crippen LogP contribution in [0.5, 0.6) is 0 Å². The van der Waals surface area contributed by atoms with Crippen molar-refractivity contribution in [2.45, 2.75) is 32.1 Å². The highest BCUT2D eigenvalue weighted by Gasteiger charge is 2.21. The van der Waals surface area contributed by atoms with Gasteiger partial charge >= 0.3 is 0 Å². The van der Waals surface area contributed by atoms with Gasteiger partial charge in [0.2, 0.25) is 0 Å². The number of likely N-dealkylation sites (tertiary alicyclic amines) is 1. The summed E-state index contributed by atoms with van der Waals surface area (Å²) >= 11 is 4.64. The Kier molecular flexibility index (Phi) is 7.65. The van der Waals surface area contributed by atoms with Crippen LogP contribution in [0.3, 0.4) is 0 Å². The third-order valence-electron chi connectivity index (χ3n) is 6.06. The predicted octanol–water partition coefficient (Wildman–Crippen LogP) is 5.19. The summed E-state index contributed by atoms with van der Waals surface area (Å²) in [7, 11) is 0. The van der Waals surface area contributed by atoms with Crippen molar-refractivity contribution < 1.29 is 13.6 Å². The van der Waals surface area contributed by atoms with Crippen molar-refractivity contribution in [3.8, 4) is 11.3 Å². The number of aromatic nitrogens is 1. The number of nitrogens with one attached hydrogen (secondary N) is 1. The lowest BCUT2D eigenvalue weighted by molar-refractivity contribution is 0.102. The largest absolute Gasteiger partial charge is 0.345 e. The zero-order chi connectivity index (χ0) is 23.4. The number of halogens is 1. The molecule has 0 bridgehead atoms. The molecular formula is C25H28ClN3O3S. The Bertz CT molecular complexity index is 1150. The van der Waals surface area contributed by atoms with Gasteiger partial charge in [-0.2, -0.15) is 0 Å². The smallest absolute Gasteiger partial charge is 0.257 e. The average molecular weight is 486 g/mol. The van der Waals surface area contributed by atoms with Gasteiger partial charge in [-0.25, -0.2) is 4.21 Å². The summed E-state index contributed by atoms with van der Waals surface area (Å²) in [5.41, 5.74) is 4.74. The molecule has 174 valence electrons. The summed E-state index contributed by atoms with van der Waals surface area (Å²) in [6.45, 7) is 5.91. The SMILES string of the molecule is Cc1c(C(=O)Nc2ccc(CS(=O)O)cc2)cn(CCN2CCCC2)c1-c1ccccc1Cl. The Morgan fingerprint density at radius 3 is 2.45 bits per heavy atom. The van der Waals surface area contributed by atoms with E-state index in [0.717, 1.165) is 48.6 Å². The van der Waals surface area contributed by atoms with Gasteiger partial charge in [-0.1, -0.05) is 41.9 Å². The van der Waals surface area contributed by atoms with Crippen LogP contribution < -0.4 is 5.32 Å². The molecule has 3 aromatic rings. The second-order valence-corrected chi connectivity index (χ2v) is 9.69. The van der Waals surface area contributed by atoms with Crippen molar-refractivity contribution in [2.24, 2.45) is 0 Å². The van der Waals surface area contributed by atoms with Gasteiger partial charge in [0.1, 0.15) is 0 Å². The van der Waals surface area contributed by atoms with Crippen molar-refractivity contribution in [3.63, 3.8) is 0 Å². The maximum atomic E-state index is 13.2. The van der Waals surface area contributed by atoms with Gasteiger partial charge in [0.25, 0.3) is 5.91 Å². The van der Waals surface area contributed by atoms with E-state index in [0.29, 0.717) is 16.3 Å². The summed E-state index contributed by atoms with van der Waals surface area (Å²) < 4.78 is 22.2. The first kappa shape index (κ1) is 23.7. The Morgan fingerprint density at radius 2 is 1.79 bits per heavy atom. The molecular weight excluding hydrogens is 458 g/mol. The number of anilines is 1. The van der Waals surface area contributed by atoms with Crippen LogP contribution in [0, 0.1) is 6.92 Å². The minimum Gasteiger partial charge on any atom is -0.345 e. The third kappa shape index (κ3) is 5.73. The second kappa shape index (κ2) is 10.7. The van der Waals surface area contributed by atoms with Crippen LogP contribution in [0.4, 0.5) is 5.69 Å². The Labute approximate surface area is 201 Å². The minimum atomic E-state index is -1.89. The van der Waals surface area contributed by atoms with E-state index in [2.05, 4.69) is 14.8 Å². The molecule has 2 N–H and O–H groups in total. The molecule has 8 heteroatoms. The fraction of sp³-hybridized carbons (Fsp3) is 0.320. The summed E-state index contributed by atoms with van der Waals surface area (Å²) in [6.07, 6.45) is 4.40. The molecule has 0 radical (unpaired) electrons. The lowest BCUT2D eigenvalue weighted by Crippen LogP contribution is -2.24. The van der Waals surface area contributed by atoms with Gasteiger partial charge in [0, 0.05) is 35.6 Å². The molecule has 1 saturated heterocycles. The molecule has 6 nitrogen and oxygen atoms in total. The molecule has 0 spiro atoms. The van der Waals surface area contributed by atoms with Crippen LogP contribution in [-0.4, -0.2) is 43.8 Å². The number of hydrogen-bond acceptors (Lipinski definition) is 3. The van der Waals surface area contributed by atoms with Crippen LogP contribution in [0.25, 0.3) is 11.3 Å². The molecule has 0 saturated carbocycles. The maximum absolute atomic E-state index is 13.2. The highest BCUT2D eigenvalue weighted by molar-refractivity contribution is 7.78. The number of benzene rings is 2. The number of rotatable bonds is 8. The first-order chi connectivity index (χ1) is 15.9. The van der Waals surface area contributed by atoms with E-state index >= 15 is 0 Å². The van der Waals surface area contributed by atoms with E-state index in [-0.39, 0.29) is 11.7 Å². The molecule has 4 rings (SSSR count). The molecule has 1 atom stereocenters. The fourth-order valence-electron chi connectivity index (χ4n) is 4.36.